The van der Waals surface area contributed by atoms with E-state index in [0.717, 1.165) is 65.9 Å². The number of hydrogen-bond donors (Lipinski definition) is 1. The highest BCUT2D eigenvalue weighted by Crippen LogP contribution is 2.29. The van der Waals surface area contributed by atoms with Crippen LogP contribution in [0.2, 0.25) is 0 Å². The van der Waals surface area contributed by atoms with Gasteiger partial charge in [0.1, 0.15) is 11.5 Å². The first-order chi connectivity index (χ1) is 16.4. The first-order valence-electron chi connectivity index (χ1n) is 11.5. The molecule has 2 aromatic carbocycles. The number of thioether (sulfide) groups is 1. The zero-order valence-electron chi connectivity index (χ0n) is 20.1. The number of ether oxygens (including phenoxy) is 3. The van der Waals surface area contributed by atoms with Crippen molar-refractivity contribution in [3.05, 3.63) is 53.1 Å². The van der Waals surface area contributed by atoms with E-state index in [9.17, 15) is 4.79 Å². The van der Waals surface area contributed by atoms with Crippen LogP contribution in [0.4, 0.5) is 0 Å². The zero-order valence-corrected chi connectivity index (χ0v) is 21.0. The van der Waals surface area contributed by atoms with E-state index in [0.29, 0.717) is 18.3 Å². The van der Waals surface area contributed by atoms with E-state index >= 15 is 0 Å². The summed E-state index contributed by atoms with van der Waals surface area (Å²) in [4.78, 5) is 14.1. The van der Waals surface area contributed by atoms with Crippen molar-refractivity contribution in [2.45, 2.75) is 31.4 Å². The SMILES string of the molecule is Cc1cc(SCc2cc(C#CCN3CCOCC3)cc(OCC(C)C)c2)ccc1OCC(=O)O. The standard InChI is InChI=1S/C27H33NO5S/c1-20(2)17-32-24-15-22(5-4-8-28-9-11-31-12-10-28)14-23(16-24)19-34-25-6-7-26(21(3)13-25)33-18-27(29)30/h6-7,13-16,20H,8-12,17-19H2,1-3H3,(H,29,30). The molecular weight excluding hydrogens is 450 g/mol. The van der Waals surface area contributed by atoms with E-state index in [1.807, 2.05) is 31.2 Å². The van der Waals surface area contributed by atoms with Gasteiger partial charge in [-0.25, -0.2) is 4.79 Å². The van der Waals surface area contributed by atoms with E-state index in [-0.39, 0.29) is 6.61 Å². The average Bonchev–Trinajstić information content (AvgIpc) is 2.81. The van der Waals surface area contributed by atoms with Gasteiger partial charge in [-0.1, -0.05) is 25.7 Å². The van der Waals surface area contributed by atoms with Crippen LogP contribution in [0.3, 0.4) is 0 Å². The Morgan fingerprint density at radius 1 is 1.18 bits per heavy atom. The van der Waals surface area contributed by atoms with Gasteiger partial charge >= 0.3 is 5.97 Å². The van der Waals surface area contributed by atoms with Crippen molar-refractivity contribution in [3.63, 3.8) is 0 Å². The fourth-order valence-corrected chi connectivity index (χ4v) is 4.28. The van der Waals surface area contributed by atoms with Crippen molar-refractivity contribution in [1.29, 1.82) is 0 Å². The number of benzene rings is 2. The van der Waals surface area contributed by atoms with Crippen molar-refractivity contribution < 1.29 is 24.1 Å². The second-order valence-electron chi connectivity index (χ2n) is 8.66. The lowest BCUT2D eigenvalue weighted by atomic mass is 10.1. The van der Waals surface area contributed by atoms with Crippen LogP contribution in [-0.2, 0) is 15.3 Å². The Balaban J connectivity index is 1.68. The molecule has 0 radical (unpaired) electrons. The van der Waals surface area contributed by atoms with Crippen molar-refractivity contribution in [3.8, 4) is 23.3 Å². The van der Waals surface area contributed by atoms with Gasteiger partial charge in [-0.2, -0.15) is 0 Å². The van der Waals surface area contributed by atoms with Crippen LogP contribution >= 0.6 is 11.8 Å². The molecule has 7 heteroatoms. The fraction of sp³-hybridized carbons (Fsp3) is 0.444. The van der Waals surface area contributed by atoms with Gasteiger partial charge in [0.25, 0.3) is 0 Å². The molecule has 34 heavy (non-hydrogen) atoms. The third-order valence-electron chi connectivity index (χ3n) is 5.09. The van der Waals surface area contributed by atoms with E-state index in [1.54, 1.807) is 11.8 Å². The maximum Gasteiger partial charge on any atom is 0.341 e. The topological polar surface area (TPSA) is 68.2 Å². The average molecular weight is 484 g/mol. The summed E-state index contributed by atoms with van der Waals surface area (Å²) >= 11 is 1.71. The Labute approximate surface area is 206 Å². The van der Waals surface area contributed by atoms with Crippen LogP contribution in [0.15, 0.2) is 41.3 Å². The van der Waals surface area contributed by atoms with Gasteiger partial charge in [0.05, 0.1) is 26.4 Å². The van der Waals surface area contributed by atoms with Gasteiger partial charge in [0.2, 0.25) is 0 Å². The summed E-state index contributed by atoms with van der Waals surface area (Å²) in [6, 6.07) is 12.0. The van der Waals surface area contributed by atoms with Gasteiger partial charge in [-0.15, -0.1) is 11.8 Å². The van der Waals surface area contributed by atoms with Crippen LogP contribution in [-0.4, -0.2) is 62.0 Å². The summed E-state index contributed by atoms with van der Waals surface area (Å²) in [5.41, 5.74) is 3.01. The maximum atomic E-state index is 10.7. The van der Waals surface area contributed by atoms with Gasteiger partial charge in [-0.05, 0) is 60.4 Å². The molecule has 1 fully saturated rings. The zero-order chi connectivity index (χ0) is 24.3. The van der Waals surface area contributed by atoms with E-state index < -0.39 is 5.97 Å². The Morgan fingerprint density at radius 3 is 2.68 bits per heavy atom. The summed E-state index contributed by atoms with van der Waals surface area (Å²) in [6.45, 7) is 10.6. The molecule has 0 atom stereocenters. The second-order valence-corrected chi connectivity index (χ2v) is 9.71. The number of aryl methyl sites for hydroxylation is 1. The Kier molecular flexibility index (Phi) is 10.1. The maximum absolute atomic E-state index is 10.7. The van der Waals surface area contributed by atoms with Crippen molar-refractivity contribution in [2.75, 3.05) is 46.1 Å². The molecule has 0 spiro atoms. The summed E-state index contributed by atoms with van der Waals surface area (Å²) in [5.74, 6) is 8.28. The minimum atomic E-state index is -0.985. The Hall–Kier alpha value is -2.66. The molecule has 0 aliphatic carbocycles. The summed E-state index contributed by atoms with van der Waals surface area (Å²) in [5, 5.41) is 8.81. The summed E-state index contributed by atoms with van der Waals surface area (Å²) in [6.07, 6.45) is 0. The predicted octanol–water partition coefficient (Wildman–Crippen LogP) is 4.47. The van der Waals surface area contributed by atoms with E-state index in [1.165, 1.54) is 0 Å². The molecule has 1 saturated heterocycles. The number of nitrogens with zero attached hydrogens (tertiary/aromatic N) is 1. The van der Waals surface area contributed by atoms with E-state index in [4.69, 9.17) is 19.3 Å². The normalized spacial score (nSPS) is 13.9. The van der Waals surface area contributed by atoms with Gasteiger partial charge < -0.3 is 19.3 Å². The van der Waals surface area contributed by atoms with Crippen LogP contribution < -0.4 is 9.47 Å². The fourth-order valence-electron chi connectivity index (χ4n) is 3.35. The summed E-state index contributed by atoms with van der Waals surface area (Å²) < 4.78 is 16.7. The van der Waals surface area contributed by atoms with Crippen molar-refractivity contribution >= 4 is 17.7 Å². The molecule has 0 saturated carbocycles. The number of carbonyl (C=O) groups is 1. The molecule has 0 unspecified atom stereocenters. The number of hydrogen-bond acceptors (Lipinski definition) is 6. The van der Waals surface area contributed by atoms with Crippen molar-refractivity contribution in [2.24, 2.45) is 5.92 Å². The molecule has 1 N–H and O–H groups in total. The second kappa shape index (κ2) is 13.3. The molecule has 0 bridgehead atoms. The monoisotopic (exact) mass is 483 g/mol. The molecule has 182 valence electrons. The quantitative estimate of drug-likeness (QED) is 0.395. The third-order valence-corrected chi connectivity index (χ3v) is 6.16. The highest BCUT2D eigenvalue weighted by Gasteiger charge is 2.09. The van der Waals surface area contributed by atoms with Gasteiger partial charge in [0.15, 0.2) is 6.61 Å². The van der Waals surface area contributed by atoms with Crippen LogP contribution in [0.5, 0.6) is 11.5 Å². The Bertz CT molecular complexity index is 1020. The number of carboxylic acids is 1. The smallest absolute Gasteiger partial charge is 0.341 e. The lowest BCUT2D eigenvalue weighted by molar-refractivity contribution is -0.139. The molecule has 3 rings (SSSR count). The molecule has 2 aromatic rings. The minimum absolute atomic E-state index is 0.341. The molecule has 6 nitrogen and oxygen atoms in total. The molecule has 0 amide bonds. The number of rotatable bonds is 10. The molecule has 1 aliphatic heterocycles. The molecule has 0 aromatic heterocycles. The molecular formula is C27H33NO5S. The van der Waals surface area contributed by atoms with E-state index in [2.05, 4.69) is 42.7 Å². The van der Waals surface area contributed by atoms with Crippen LogP contribution in [0.25, 0.3) is 0 Å². The van der Waals surface area contributed by atoms with Crippen LogP contribution in [0.1, 0.15) is 30.5 Å². The first-order valence-corrected chi connectivity index (χ1v) is 12.5. The lowest BCUT2D eigenvalue weighted by Gasteiger charge is -2.24. The molecule has 1 aliphatic rings. The van der Waals surface area contributed by atoms with Crippen LogP contribution in [0, 0.1) is 24.7 Å². The number of morpholine rings is 1. The highest BCUT2D eigenvalue weighted by molar-refractivity contribution is 7.98. The lowest BCUT2D eigenvalue weighted by Crippen LogP contribution is -2.36. The number of aliphatic carboxylic acids is 1. The molecule has 1 heterocycles. The first kappa shape index (κ1) is 26.0. The highest BCUT2D eigenvalue weighted by atomic mass is 32.2. The largest absolute Gasteiger partial charge is 0.493 e. The third kappa shape index (κ3) is 8.94. The summed E-state index contributed by atoms with van der Waals surface area (Å²) in [7, 11) is 0. The Morgan fingerprint density at radius 2 is 1.97 bits per heavy atom. The number of carboxylic acid groups (broad SMARTS) is 1. The van der Waals surface area contributed by atoms with Gasteiger partial charge in [-0.3, -0.25) is 4.90 Å². The predicted molar refractivity (Wildman–Crippen MR) is 135 cm³/mol. The van der Waals surface area contributed by atoms with Gasteiger partial charge in [0, 0.05) is 29.3 Å². The van der Waals surface area contributed by atoms with Crippen molar-refractivity contribution in [1.82, 2.24) is 4.90 Å². The minimum Gasteiger partial charge on any atom is -0.493 e.